The minimum atomic E-state index is -0.382. The summed E-state index contributed by atoms with van der Waals surface area (Å²) in [6.07, 6.45) is 0.665. The normalized spacial score (nSPS) is 12.0. The molecule has 0 aliphatic heterocycles. The number of halogens is 1. The smallest absolute Gasteiger partial charge is 0.165 e. The molecule has 2 rings (SSSR count). The highest BCUT2D eigenvalue weighted by atomic mass is 19.1. The zero-order valence-corrected chi connectivity index (χ0v) is 11.6. The van der Waals surface area contributed by atoms with E-state index in [9.17, 15) is 4.39 Å². The molecule has 0 aromatic heterocycles. The van der Waals surface area contributed by atoms with Crippen LogP contribution < -0.4 is 15.2 Å². The van der Waals surface area contributed by atoms with E-state index in [0.717, 1.165) is 16.9 Å². The summed E-state index contributed by atoms with van der Waals surface area (Å²) < 4.78 is 23.4. The molecule has 0 fully saturated rings. The lowest BCUT2D eigenvalue weighted by atomic mass is 9.99. The molecule has 20 heavy (non-hydrogen) atoms. The molecule has 0 amide bonds. The maximum Gasteiger partial charge on any atom is 0.165 e. The van der Waals surface area contributed by atoms with Gasteiger partial charge in [0.2, 0.25) is 0 Å². The highest BCUT2D eigenvalue weighted by Crippen LogP contribution is 2.24. The maximum absolute atomic E-state index is 13.4. The molecule has 0 aliphatic carbocycles. The summed E-state index contributed by atoms with van der Waals surface area (Å²) in [4.78, 5) is 0. The molecule has 0 saturated heterocycles. The number of ether oxygens (including phenoxy) is 2. The van der Waals surface area contributed by atoms with Crippen molar-refractivity contribution >= 4 is 0 Å². The number of methoxy groups -OCH3 is 2. The topological polar surface area (TPSA) is 44.5 Å². The Morgan fingerprint density at radius 3 is 2.35 bits per heavy atom. The molecule has 0 radical (unpaired) electrons. The maximum atomic E-state index is 13.4. The third-order valence-electron chi connectivity index (χ3n) is 3.22. The molecule has 4 heteroatoms. The van der Waals surface area contributed by atoms with Crippen LogP contribution in [0.15, 0.2) is 42.5 Å². The standard InChI is InChI=1S/C16H18FNO2/c1-19-13-6-3-11(4-7-13)9-15(18)12-5-8-14(17)16(10-12)20-2/h3-8,10,15H,9,18H2,1-2H3. The van der Waals surface area contributed by atoms with Crippen molar-refractivity contribution in [3.05, 3.63) is 59.4 Å². The van der Waals surface area contributed by atoms with Gasteiger partial charge in [0.25, 0.3) is 0 Å². The highest BCUT2D eigenvalue weighted by Gasteiger charge is 2.11. The molecule has 0 heterocycles. The SMILES string of the molecule is COc1ccc(CC(N)c2ccc(F)c(OC)c2)cc1. The van der Waals surface area contributed by atoms with Crippen LogP contribution in [0, 0.1) is 5.82 Å². The summed E-state index contributed by atoms with van der Waals surface area (Å²) in [6, 6.07) is 12.2. The first-order valence-corrected chi connectivity index (χ1v) is 6.36. The van der Waals surface area contributed by atoms with Crippen LogP contribution in [0.3, 0.4) is 0 Å². The Bertz CT molecular complexity index is 569. The van der Waals surface area contributed by atoms with Crippen LogP contribution in [0.4, 0.5) is 4.39 Å². The van der Waals surface area contributed by atoms with E-state index in [1.54, 1.807) is 19.2 Å². The minimum Gasteiger partial charge on any atom is -0.497 e. The van der Waals surface area contributed by atoms with Crippen LogP contribution in [-0.4, -0.2) is 14.2 Å². The molecule has 2 aromatic rings. The molecular formula is C16H18FNO2. The van der Waals surface area contributed by atoms with E-state index in [2.05, 4.69) is 0 Å². The molecule has 106 valence electrons. The average Bonchev–Trinajstić information content (AvgIpc) is 2.48. The van der Waals surface area contributed by atoms with Gasteiger partial charge in [-0.05, 0) is 41.8 Å². The van der Waals surface area contributed by atoms with Crippen molar-refractivity contribution in [1.29, 1.82) is 0 Å². The third kappa shape index (κ3) is 3.27. The largest absolute Gasteiger partial charge is 0.497 e. The summed E-state index contributed by atoms with van der Waals surface area (Å²) in [5, 5.41) is 0. The van der Waals surface area contributed by atoms with E-state index in [4.69, 9.17) is 15.2 Å². The first-order valence-electron chi connectivity index (χ1n) is 6.36. The van der Waals surface area contributed by atoms with Gasteiger partial charge in [-0.3, -0.25) is 0 Å². The van der Waals surface area contributed by atoms with Crippen molar-refractivity contribution in [3.8, 4) is 11.5 Å². The lowest BCUT2D eigenvalue weighted by Crippen LogP contribution is -2.13. The van der Waals surface area contributed by atoms with E-state index >= 15 is 0 Å². The molecule has 0 saturated carbocycles. The van der Waals surface area contributed by atoms with Gasteiger partial charge in [-0.1, -0.05) is 18.2 Å². The van der Waals surface area contributed by atoms with Gasteiger partial charge in [-0.15, -0.1) is 0 Å². The zero-order valence-electron chi connectivity index (χ0n) is 11.6. The second-order valence-corrected chi connectivity index (χ2v) is 4.55. The highest BCUT2D eigenvalue weighted by molar-refractivity contribution is 5.34. The lowest BCUT2D eigenvalue weighted by molar-refractivity contribution is 0.385. The van der Waals surface area contributed by atoms with Gasteiger partial charge in [0.1, 0.15) is 5.75 Å². The Morgan fingerprint density at radius 2 is 1.75 bits per heavy atom. The van der Waals surface area contributed by atoms with Crippen molar-refractivity contribution in [2.75, 3.05) is 14.2 Å². The van der Waals surface area contributed by atoms with Crippen LogP contribution in [0.25, 0.3) is 0 Å². The van der Waals surface area contributed by atoms with Crippen LogP contribution in [0.2, 0.25) is 0 Å². The summed E-state index contributed by atoms with van der Waals surface area (Å²) in [7, 11) is 3.07. The summed E-state index contributed by atoms with van der Waals surface area (Å²) in [5.41, 5.74) is 8.11. The first kappa shape index (κ1) is 14.3. The Hall–Kier alpha value is -2.07. The lowest BCUT2D eigenvalue weighted by Gasteiger charge is -2.14. The fourth-order valence-corrected chi connectivity index (χ4v) is 2.04. The Balaban J connectivity index is 2.12. The Kier molecular flexibility index (Phi) is 4.58. The molecule has 1 atom stereocenters. The number of hydrogen-bond acceptors (Lipinski definition) is 3. The van der Waals surface area contributed by atoms with Crippen LogP contribution in [0.1, 0.15) is 17.2 Å². The summed E-state index contributed by atoms with van der Waals surface area (Å²) >= 11 is 0. The molecule has 1 unspecified atom stereocenters. The van der Waals surface area contributed by atoms with Gasteiger partial charge in [-0.2, -0.15) is 0 Å². The van der Waals surface area contributed by atoms with Gasteiger partial charge in [0, 0.05) is 6.04 Å². The van der Waals surface area contributed by atoms with Gasteiger partial charge < -0.3 is 15.2 Å². The molecule has 0 aliphatic rings. The van der Waals surface area contributed by atoms with Crippen LogP contribution in [0.5, 0.6) is 11.5 Å². The predicted octanol–water partition coefficient (Wildman–Crippen LogP) is 3.09. The van der Waals surface area contributed by atoms with Crippen LogP contribution in [-0.2, 0) is 6.42 Å². The van der Waals surface area contributed by atoms with E-state index in [-0.39, 0.29) is 17.6 Å². The van der Waals surface area contributed by atoms with Crippen molar-refractivity contribution in [1.82, 2.24) is 0 Å². The summed E-state index contributed by atoms with van der Waals surface area (Å²) in [5.74, 6) is 0.645. The molecule has 0 spiro atoms. The fourth-order valence-electron chi connectivity index (χ4n) is 2.04. The minimum absolute atomic E-state index is 0.210. The van der Waals surface area contributed by atoms with E-state index in [1.165, 1.54) is 13.2 Å². The number of nitrogens with two attached hydrogens (primary N) is 1. The second kappa shape index (κ2) is 6.39. The molecule has 3 nitrogen and oxygen atoms in total. The number of benzene rings is 2. The van der Waals surface area contributed by atoms with Crippen molar-refractivity contribution in [2.24, 2.45) is 5.73 Å². The van der Waals surface area contributed by atoms with Gasteiger partial charge in [0.05, 0.1) is 14.2 Å². The Morgan fingerprint density at radius 1 is 1.05 bits per heavy atom. The van der Waals surface area contributed by atoms with E-state index in [0.29, 0.717) is 6.42 Å². The van der Waals surface area contributed by atoms with Crippen molar-refractivity contribution in [2.45, 2.75) is 12.5 Å². The van der Waals surface area contributed by atoms with Gasteiger partial charge >= 0.3 is 0 Å². The predicted molar refractivity (Wildman–Crippen MR) is 76.6 cm³/mol. The molecule has 2 aromatic carbocycles. The second-order valence-electron chi connectivity index (χ2n) is 4.55. The number of hydrogen-bond donors (Lipinski definition) is 1. The fraction of sp³-hybridized carbons (Fsp3) is 0.250. The van der Waals surface area contributed by atoms with Gasteiger partial charge in [-0.25, -0.2) is 4.39 Å². The molecule has 2 N–H and O–H groups in total. The average molecular weight is 275 g/mol. The summed E-state index contributed by atoms with van der Waals surface area (Å²) in [6.45, 7) is 0. The van der Waals surface area contributed by atoms with Gasteiger partial charge in [0.15, 0.2) is 11.6 Å². The van der Waals surface area contributed by atoms with E-state index in [1.807, 2.05) is 24.3 Å². The van der Waals surface area contributed by atoms with Crippen LogP contribution >= 0.6 is 0 Å². The van der Waals surface area contributed by atoms with Crippen molar-refractivity contribution in [3.63, 3.8) is 0 Å². The van der Waals surface area contributed by atoms with Crippen molar-refractivity contribution < 1.29 is 13.9 Å². The molecule has 0 bridgehead atoms. The van der Waals surface area contributed by atoms with E-state index < -0.39 is 0 Å². The molecular weight excluding hydrogens is 257 g/mol. The first-order chi connectivity index (χ1) is 9.63. The zero-order chi connectivity index (χ0) is 14.5. The number of rotatable bonds is 5. The third-order valence-corrected chi connectivity index (χ3v) is 3.22. The Labute approximate surface area is 118 Å². The monoisotopic (exact) mass is 275 g/mol. The quantitative estimate of drug-likeness (QED) is 0.912.